The van der Waals surface area contributed by atoms with Crippen molar-refractivity contribution in [3.8, 4) is 11.5 Å². The van der Waals surface area contributed by atoms with Crippen molar-refractivity contribution in [3.05, 3.63) is 55.2 Å². The molecule has 0 saturated heterocycles. The topological polar surface area (TPSA) is 49.8 Å². The lowest BCUT2D eigenvalue weighted by Gasteiger charge is -2.31. The van der Waals surface area contributed by atoms with Crippen molar-refractivity contribution in [2.24, 2.45) is 0 Å². The third kappa shape index (κ3) is 2.70. The van der Waals surface area contributed by atoms with Crippen LogP contribution in [0.25, 0.3) is 0 Å². The van der Waals surface area contributed by atoms with Crippen molar-refractivity contribution in [1.82, 2.24) is 0 Å². The van der Waals surface area contributed by atoms with Crippen LogP contribution in [-0.4, -0.2) is 24.2 Å². The Morgan fingerprint density at radius 3 is 2.57 bits per heavy atom. The summed E-state index contributed by atoms with van der Waals surface area (Å²) in [6.45, 7) is 11.5. The van der Waals surface area contributed by atoms with Crippen molar-refractivity contribution in [2.45, 2.75) is 12.8 Å². The molecule has 1 aromatic rings. The Labute approximate surface area is 124 Å². The van der Waals surface area contributed by atoms with E-state index in [1.54, 1.807) is 29.2 Å². The summed E-state index contributed by atoms with van der Waals surface area (Å²) in [5.74, 6) is 0.602. The van der Waals surface area contributed by atoms with E-state index in [1.165, 1.54) is 0 Å². The number of phenols is 1. The van der Waals surface area contributed by atoms with Gasteiger partial charge in [-0.05, 0) is 18.9 Å². The molecule has 0 saturated carbocycles. The number of carbonyl (C=O) groups is 1. The number of allylic oxidation sites excluding steroid dienone is 2. The third-order valence-corrected chi connectivity index (χ3v) is 3.36. The van der Waals surface area contributed by atoms with Gasteiger partial charge in [-0.2, -0.15) is 0 Å². The summed E-state index contributed by atoms with van der Waals surface area (Å²) >= 11 is 0. The van der Waals surface area contributed by atoms with E-state index in [4.69, 9.17) is 4.74 Å². The maximum absolute atomic E-state index is 12.0. The molecule has 4 nitrogen and oxygen atoms in total. The van der Waals surface area contributed by atoms with Crippen molar-refractivity contribution < 1.29 is 14.6 Å². The van der Waals surface area contributed by atoms with Crippen LogP contribution in [0.5, 0.6) is 11.5 Å². The molecule has 1 N–H and O–H groups in total. The molecule has 110 valence electrons. The molecule has 4 heteroatoms. The van der Waals surface area contributed by atoms with E-state index in [9.17, 15) is 9.90 Å². The number of nitrogens with zero attached hydrogens (tertiary/aromatic N) is 1. The molecule has 1 aromatic carbocycles. The highest BCUT2D eigenvalue weighted by atomic mass is 16.5. The Morgan fingerprint density at radius 2 is 1.95 bits per heavy atom. The maximum Gasteiger partial charge on any atom is 0.265 e. The molecule has 21 heavy (non-hydrogen) atoms. The average molecular weight is 285 g/mol. The smallest absolute Gasteiger partial charge is 0.265 e. The first kappa shape index (κ1) is 14.9. The molecule has 0 atom stereocenters. The van der Waals surface area contributed by atoms with E-state index in [1.807, 2.05) is 0 Å². The molecule has 0 fully saturated rings. The summed E-state index contributed by atoms with van der Waals surface area (Å²) < 4.78 is 5.55. The summed E-state index contributed by atoms with van der Waals surface area (Å²) in [7, 11) is 0. The number of fused-ring (bicyclic) bond motifs is 1. The van der Waals surface area contributed by atoms with Crippen LogP contribution in [0.2, 0.25) is 0 Å². The summed E-state index contributed by atoms with van der Waals surface area (Å²) in [4.78, 5) is 13.6. The Morgan fingerprint density at radius 1 is 1.24 bits per heavy atom. The summed E-state index contributed by atoms with van der Waals surface area (Å²) in [5.41, 5.74) is 2.03. The van der Waals surface area contributed by atoms with Crippen LogP contribution in [0.3, 0.4) is 0 Å². The van der Waals surface area contributed by atoms with Gasteiger partial charge in [0.1, 0.15) is 5.75 Å². The SMILES string of the molecule is C=CCc1cc2c(c(CC=C)c1O)OCC(=O)N2CC=C. The molecule has 1 heterocycles. The van der Waals surface area contributed by atoms with Crippen LogP contribution in [0.4, 0.5) is 5.69 Å². The molecular weight excluding hydrogens is 266 g/mol. The molecule has 0 radical (unpaired) electrons. The van der Waals surface area contributed by atoms with E-state index in [0.29, 0.717) is 42.0 Å². The number of hydrogen-bond donors (Lipinski definition) is 1. The molecule has 2 rings (SSSR count). The first-order valence-corrected chi connectivity index (χ1v) is 6.77. The molecule has 0 spiro atoms. The zero-order valence-electron chi connectivity index (χ0n) is 12.0. The van der Waals surface area contributed by atoms with Crippen LogP contribution in [0.15, 0.2) is 44.0 Å². The number of anilines is 1. The van der Waals surface area contributed by atoms with E-state index >= 15 is 0 Å². The van der Waals surface area contributed by atoms with Crippen LogP contribution < -0.4 is 9.64 Å². The Hall–Kier alpha value is -2.49. The second kappa shape index (κ2) is 6.31. The lowest BCUT2D eigenvalue weighted by Crippen LogP contribution is -2.39. The van der Waals surface area contributed by atoms with Crippen molar-refractivity contribution in [1.29, 1.82) is 0 Å². The summed E-state index contributed by atoms with van der Waals surface area (Å²) in [6, 6.07) is 1.78. The largest absolute Gasteiger partial charge is 0.507 e. The Bertz CT molecular complexity index is 605. The van der Waals surface area contributed by atoms with Gasteiger partial charge in [-0.1, -0.05) is 18.2 Å². The fourth-order valence-corrected chi connectivity index (χ4v) is 2.44. The zero-order chi connectivity index (χ0) is 15.4. The number of aromatic hydroxyl groups is 1. The van der Waals surface area contributed by atoms with E-state index < -0.39 is 0 Å². The highest BCUT2D eigenvalue weighted by Crippen LogP contribution is 2.43. The van der Waals surface area contributed by atoms with Gasteiger partial charge in [0.2, 0.25) is 0 Å². The monoisotopic (exact) mass is 285 g/mol. The number of benzene rings is 1. The number of hydrogen-bond acceptors (Lipinski definition) is 3. The number of ether oxygens (including phenoxy) is 1. The van der Waals surface area contributed by atoms with Gasteiger partial charge in [0.25, 0.3) is 5.91 Å². The lowest BCUT2D eigenvalue weighted by molar-refractivity contribution is -0.121. The van der Waals surface area contributed by atoms with Gasteiger partial charge in [-0.15, -0.1) is 19.7 Å². The second-order valence-corrected chi connectivity index (χ2v) is 4.78. The molecule has 0 aromatic heterocycles. The van der Waals surface area contributed by atoms with E-state index in [2.05, 4.69) is 19.7 Å². The van der Waals surface area contributed by atoms with Crippen LogP contribution >= 0.6 is 0 Å². The fraction of sp³-hybridized carbons (Fsp3) is 0.235. The van der Waals surface area contributed by atoms with Gasteiger partial charge >= 0.3 is 0 Å². The van der Waals surface area contributed by atoms with Gasteiger partial charge in [0, 0.05) is 17.7 Å². The molecule has 0 bridgehead atoms. The lowest BCUT2D eigenvalue weighted by atomic mass is 9.99. The van der Waals surface area contributed by atoms with Gasteiger partial charge in [0.05, 0.1) is 5.69 Å². The molecular formula is C17H19NO3. The van der Waals surface area contributed by atoms with E-state index in [0.717, 1.165) is 0 Å². The number of carbonyl (C=O) groups excluding carboxylic acids is 1. The molecule has 1 aliphatic rings. The van der Waals surface area contributed by atoms with Crippen molar-refractivity contribution in [3.63, 3.8) is 0 Å². The molecule has 1 aliphatic heterocycles. The molecule has 0 unspecified atom stereocenters. The van der Waals surface area contributed by atoms with Gasteiger partial charge in [-0.3, -0.25) is 4.79 Å². The first-order chi connectivity index (χ1) is 10.1. The van der Waals surface area contributed by atoms with E-state index in [-0.39, 0.29) is 18.3 Å². The van der Waals surface area contributed by atoms with Gasteiger partial charge < -0.3 is 14.7 Å². The minimum Gasteiger partial charge on any atom is -0.507 e. The predicted octanol–water partition coefficient (Wildman–Crippen LogP) is 2.76. The highest BCUT2D eigenvalue weighted by molar-refractivity contribution is 5.99. The van der Waals surface area contributed by atoms with Crippen LogP contribution in [0.1, 0.15) is 11.1 Å². The summed E-state index contributed by atoms with van der Waals surface area (Å²) in [5, 5.41) is 10.4. The Balaban J connectivity index is 2.64. The zero-order valence-corrected chi connectivity index (χ0v) is 12.0. The van der Waals surface area contributed by atoms with Crippen molar-refractivity contribution in [2.75, 3.05) is 18.1 Å². The first-order valence-electron chi connectivity index (χ1n) is 6.77. The summed E-state index contributed by atoms with van der Waals surface area (Å²) in [6.07, 6.45) is 6.06. The minimum atomic E-state index is -0.123. The van der Waals surface area contributed by atoms with Gasteiger partial charge in [0.15, 0.2) is 12.4 Å². The van der Waals surface area contributed by atoms with Crippen molar-refractivity contribution >= 4 is 11.6 Å². The second-order valence-electron chi connectivity index (χ2n) is 4.78. The van der Waals surface area contributed by atoms with Gasteiger partial charge in [-0.25, -0.2) is 0 Å². The number of phenolic OH excluding ortho intramolecular Hbond substituents is 1. The predicted molar refractivity (Wildman–Crippen MR) is 84.0 cm³/mol. The fourth-order valence-electron chi connectivity index (χ4n) is 2.44. The Kier molecular flexibility index (Phi) is 4.48. The number of rotatable bonds is 6. The number of amides is 1. The molecule has 1 amide bonds. The average Bonchev–Trinajstić information content (AvgIpc) is 2.47. The minimum absolute atomic E-state index is 0.0365. The standard InChI is InChI=1S/C17H19NO3/c1-4-7-12-10-14-17(13(8-5-2)16(12)20)21-11-15(19)18(14)9-6-3/h4-6,10,20H,1-3,7-9,11H2. The molecule has 0 aliphatic carbocycles. The normalized spacial score (nSPS) is 13.3. The van der Waals surface area contributed by atoms with Crippen LogP contribution in [0, 0.1) is 0 Å². The van der Waals surface area contributed by atoms with Crippen LogP contribution in [-0.2, 0) is 17.6 Å². The highest BCUT2D eigenvalue weighted by Gasteiger charge is 2.29. The third-order valence-electron chi connectivity index (χ3n) is 3.36. The maximum atomic E-state index is 12.0. The quantitative estimate of drug-likeness (QED) is 0.818.